The van der Waals surface area contributed by atoms with E-state index in [1.807, 2.05) is 0 Å². The minimum atomic E-state index is 0.497. The van der Waals surface area contributed by atoms with Crippen molar-refractivity contribution in [2.45, 2.75) is 24.6 Å². The van der Waals surface area contributed by atoms with Gasteiger partial charge in [-0.2, -0.15) is 0 Å². The van der Waals surface area contributed by atoms with Crippen molar-refractivity contribution in [3.8, 4) is 0 Å². The van der Waals surface area contributed by atoms with Crippen LogP contribution in [0.3, 0.4) is 0 Å². The van der Waals surface area contributed by atoms with Crippen LogP contribution < -0.4 is 5.73 Å². The number of amidine groups is 1. The second-order valence-corrected chi connectivity index (χ2v) is 4.02. The van der Waals surface area contributed by atoms with Crippen LogP contribution in [0.1, 0.15) is 13.3 Å². The average Bonchev–Trinajstić information content (AvgIpc) is 2.43. The summed E-state index contributed by atoms with van der Waals surface area (Å²) in [6.07, 6.45) is 1.33. The van der Waals surface area contributed by atoms with E-state index in [9.17, 15) is 0 Å². The summed E-state index contributed by atoms with van der Waals surface area (Å²) in [5, 5.41) is 1.61. The molecule has 0 spiro atoms. The Labute approximate surface area is 58.9 Å². The molecule has 9 heavy (non-hydrogen) atoms. The molecular formula is C6H10N2S. The van der Waals surface area contributed by atoms with Crippen molar-refractivity contribution in [1.82, 2.24) is 0 Å². The van der Waals surface area contributed by atoms with Gasteiger partial charge in [-0.3, -0.25) is 4.99 Å². The Morgan fingerprint density at radius 1 is 1.78 bits per heavy atom. The molecule has 3 heteroatoms. The number of rotatable bonds is 0. The summed E-state index contributed by atoms with van der Waals surface area (Å²) in [6.45, 7) is 2.15. The normalized spacial score (nSPS) is 47.7. The van der Waals surface area contributed by atoms with Crippen LogP contribution in [0.2, 0.25) is 0 Å². The highest BCUT2D eigenvalue weighted by Gasteiger charge is 2.45. The van der Waals surface area contributed by atoms with Gasteiger partial charge in [0, 0.05) is 5.25 Å². The summed E-state index contributed by atoms with van der Waals surface area (Å²) in [7, 11) is 0. The maximum absolute atomic E-state index is 5.56. The topological polar surface area (TPSA) is 38.4 Å². The van der Waals surface area contributed by atoms with Gasteiger partial charge in [0.2, 0.25) is 0 Å². The molecule has 0 aromatic carbocycles. The fraction of sp³-hybridized carbons (Fsp3) is 0.833. The van der Waals surface area contributed by atoms with Crippen LogP contribution >= 0.6 is 11.8 Å². The molecule has 0 saturated heterocycles. The number of nitrogens with two attached hydrogens (primary N) is 1. The standard InChI is InChI=1S/C6H10N2S/c1-3-4-2-5(4)9-6(7)8-3/h3-5H,2H2,1H3,(H2,7,8). The molecule has 1 saturated carbocycles. The summed E-state index contributed by atoms with van der Waals surface area (Å²) in [4.78, 5) is 4.26. The zero-order chi connectivity index (χ0) is 6.43. The molecule has 1 heterocycles. The Balaban J connectivity index is 2.16. The van der Waals surface area contributed by atoms with Gasteiger partial charge in [-0.1, -0.05) is 11.8 Å². The molecule has 2 N–H and O–H groups in total. The maximum atomic E-state index is 5.56. The average molecular weight is 142 g/mol. The van der Waals surface area contributed by atoms with Crippen LogP contribution in [-0.4, -0.2) is 16.5 Å². The Hall–Kier alpha value is -0.180. The zero-order valence-electron chi connectivity index (χ0n) is 5.37. The van der Waals surface area contributed by atoms with Gasteiger partial charge in [0.25, 0.3) is 0 Å². The lowest BCUT2D eigenvalue weighted by Gasteiger charge is -2.11. The molecule has 2 aliphatic rings. The molecule has 3 unspecified atom stereocenters. The number of fused-ring (bicyclic) bond motifs is 1. The van der Waals surface area contributed by atoms with Gasteiger partial charge in [0.05, 0.1) is 6.04 Å². The van der Waals surface area contributed by atoms with Crippen molar-refractivity contribution < 1.29 is 0 Å². The third-order valence-corrected chi connectivity index (χ3v) is 3.19. The van der Waals surface area contributed by atoms with Gasteiger partial charge in [-0.25, -0.2) is 0 Å². The molecule has 1 aliphatic heterocycles. The molecule has 1 fully saturated rings. The first-order valence-corrected chi connectivity index (χ1v) is 4.15. The van der Waals surface area contributed by atoms with E-state index in [2.05, 4.69) is 11.9 Å². The largest absolute Gasteiger partial charge is 0.379 e. The third kappa shape index (κ3) is 0.834. The Bertz CT molecular complexity index is 166. The van der Waals surface area contributed by atoms with Crippen molar-refractivity contribution in [2.24, 2.45) is 16.6 Å². The minimum Gasteiger partial charge on any atom is -0.379 e. The summed E-state index contributed by atoms with van der Waals surface area (Å²) in [6, 6.07) is 0.497. The predicted molar refractivity (Wildman–Crippen MR) is 40.6 cm³/mol. The first-order chi connectivity index (χ1) is 4.27. The van der Waals surface area contributed by atoms with Crippen LogP contribution in [-0.2, 0) is 0 Å². The lowest BCUT2D eigenvalue weighted by atomic mass is 10.2. The molecule has 0 amide bonds. The molecule has 0 radical (unpaired) electrons. The van der Waals surface area contributed by atoms with Crippen LogP contribution in [0, 0.1) is 5.92 Å². The molecule has 0 aromatic heterocycles. The number of hydrogen-bond donors (Lipinski definition) is 1. The molecule has 1 aliphatic carbocycles. The molecule has 0 aromatic rings. The Kier molecular flexibility index (Phi) is 1.03. The SMILES string of the molecule is CC1N=C(N)SC2CC12. The van der Waals surface area contributed by atoms with Gasteiger partial charge in [0.1, 0.15) is 0 Å². The second-order valence-electron chi connectivity index (χ2n) is 2.76. The lowest BCUT2D eigenvalue weighted by molar-refractivity contribution is 0.652. The van der Waals surface area contributed by atoms with Gasteiger partial charge in [-0.05, 0) is 19.3 Å². The zero-order valence-corrected chi connectivity index (χ0v) is 6.19. The van der Waals surface area contributed by atoms with Gasteiger partial charge >= 0.3 is 0 Å². The molecule has 2 rings (SSSR count). The van der Waals surface area contributed by atoms with E-state index in [0.29, 0.717) is 6.04 Å². The highest BCUT2D eigenvalue weighted by atomic mass is 32.2. The molecule has 0 bridgehead atoms. The molecule has 50 valence electrons. The first-order valence-electron chi connectivity index (χ1n) is 3.27. The second kappa shape index (κ2) is 1.66. The fourth-order valence-electron chi connectivity index (χ4n) is 1.31. The summed E-state index contributed by atoms with van der Waals surface area (Å²) in [5.41, 5.74) is 5.56. The molecular weight excluding hydrogens is 132 g/mol. The first kappa shape index (κ1) is 5.59. The van der Waals surface area contributed by atoms with Crippen LogP contribution in [0.25, 0.3) is 0 Å². The molecule has 3 atom stereocenters. The van der Waals surface area contributed by atoms with Crippen LogP contribution in [0.5, 0.6) is 0 Å². The predicted octanol–water partition coefficient (Wildman–Crippen LogP) is 0.825. The monoisotopic (exact) mass is 142 g/mol. The Morgan fingerprint density at radius 3 is 3.22 bits per heavy atom. The lowest BCUT2D eigenvalue weighted by Crippen LogP contribution is -2.19. The van der Waals surface area contributed by atoms with Crippen molar-refractivity contribution >= 4 is 16.9 Å². The highest BCUT2D eigenvalue weighted by Crippen LogP contribution is 2.47. The quantitative estimate of drug-likeness (QED) is 0.544. The van der Waals surface area contributed by atoms with E-state index in [-0.39, 0.29) is 0 Å². The van der Waals surface area contributed by atoms with E-state index < -0.39 is 0 Å². The van der Waals surface area contributed by atoms with E-state index in [0.717, 1.165) is 16.3 Å². The number of aliphatic imine (C=N–C) groups is 1. The number of nitrogens with zero attached hydrogens (tertiary/aromatic N) is 1. The third-order valence-electron chi connectivity index (χ3n) is 2.00. The van der Waals surface area contributed by atoms with E-state index in [1.54, 1.807) is 11.8 Å². The van der Waals surface area contributed by atoms with Crippen molar-refractivity contribution in [2.75, 3.05) is 0 Å². The maximum Gasteiger partial charge on any atom is 0.154 e. The summed E-state index contributed by atoms with van der Waals surface area (Å²) < 4.78 is 0. The van der Waals surface area contributed by atoms with Gasteiger partial charge in [-0.15, -0.1) is 0 Å². The van der Waals surface area contributed by atoms with E-state index in [1.165, 1.54) is 6.42 Å². The van der Waals surface area contributed by atoms with Crippen molar-refractivity contribution in [3.63, 3.8) is 0 Å². The van der Waals surface area contributed by atoms with Gasteiger partial charge < -0.3 is 5.73 Å². The smallest absolute Gasteiger partial charge is 0.154 e. The van der Waals surface area contributed by atoms with Gasteiger partial charge in [0.15, 0.2) is 5.17 Å². The summed E-state index contributed by atoms with van der Waals surface area (Å²) in [5.74, 6) is 0.849. The highest BCUT2D eigenvalue weighted by molar-refractivity contribution is 8.14. The van der Waals surface area contributed by atoms with Crippen molar-refractivity contribution in [1.29, 1.82) is 0 Å². The van der Waals surface area contributed by atoms with Crippen LogP contribution in [0.4, 0.5) is 0 Å². The van der Waals surface area contributed by atoms with E-state index >= 15 is 0 Å². The number of hydrogen-bond acceptors (Lipinski definition) is 3. The number of thioether (sulfide) groups is 1. The van der Waals surface area contributed by atoms with Crippen molar-refractivity contribution in [3.05, 3.63) is 0 Å². The summed E-state index contributed by atoms with van der Waals surface area (Å²) >= 11 is 1.75. The van der Waals surface area contributed by atoms with Crippen LogP contribution in [0.15, 0.2) is 4.99 Å². The Morgan fingerprint density at radius 2 is 2.56 bits per heavy atom. The molecule has 2 nitrogen and oxygen atoms in total. The fourth-order valence-corrected chi connectivity index (χ4v) is 2.57. The van der Waals surface area contributed by atoms with E-state index in [4.69, 9.17) is 5.73 Å². The minimum absolute atomic E-state index is 0.497.